The van der Waals surface area contributed by atoms with Crippen molar-refractivity contribution in [1.29, 1.82) is 0 Å². The highest BCUT2D eigenvalue weighted by molar-refractivity contribution is 14.1. The standard InChI is InChI=1S/C12H18IN5O5/c1-16-4-18(9-6(16)10(21)17(2)12(14)15-9)11-8(20)7(19)5(23-11)3-22-13/h5,7-8,11,19-20H,3-4H2,1-2H3,(H2,14,15)/t5-,7-,8-,11-/m1/s1. The maximum absolute atomic E-state index is 12.4. The Balaban J connectivity index is 1.97. The van der Waals surface area contributed by atoms with Gasteiger partial charge in [0.15, 0.2) is 12.0 Å². The van der Waals surface area contributed by atoms with Crippen LogP contribution in [0.25, 0.3) is 0 Å². The van der Waals surface area contributed by atoms with E-state index in [1.54, 1.807) is 46.9 Å². The molecule has 0 spiro atoms. The lowest BCUT2D eigenvalue weighted by Gasteiger charge is -2.27. The SMILES string of the molecule is CN1CN([C@@H]2O[C@H](COI)[C@@H](O)[C@H]2O)c2nc(N)n(C)c(=O)c21. The zero-order chi connectivity index (χ0) is 16.9. The van der Waals surface area contributed by atoms with E-state index in [9.17, 15) is 15.0 Å². The second-order valence-corrected chi connectivity index (χ2v) is 6.26. The van der Waals surface area contributed by atoms with E-state index in [1.807, 2.05) is 0 Å². The molecule has 0 unspecified atom stereocenters. The van der Waals surface area contributed by atoms with Crippen molar-refractivity contribution in [2.75, 3.05) is 35.9 Å². The van der Waals surface area contributed by atoms with Crippen molar-refractivity contribution in [2.24, 2.45) is 7.05 Å². The van der Waals surface area contributed by atoms with Crippen molar-refractivity contribution < 1.29 is 18.0 Å². The fourth-order valence-corrected chi connectivity index (χ4v) is 3.24. The molecule has 1 aromatic heterocycles. The molecule has 0 saturated carbocycles. The van der Waals surface area contributed by atoms with Crippen LogP contribution in [0.3, 0.4) is 0 Å². The number of aromatic nitrogens is 2. The van der Waals surface area contributed by atoms with Crippen molar-refractivity contribution in [3.63, 3.8) is 0 Å². The van der Waals surface area contributed by atoms with Crippen LogP contribution in [0.2, 0.25) is 0 Å². The predicted octanol–water partition coefficient (Wildman–Crippen LogP) is -1.61. The van der Waals surface area contributed by atoms with Crippen molar-refractivity contribution in [2.45, 2.75) is 24.5 Å². The Morgan fingerprint density at radius 3 is 2.78 bits per heavy atom. The first-order valence-corrected chi connectivity index (χ1v) is 7.84. The number of hydrogen-bond acceptors (Lipinski definition) is 9. The second-order valence-electron chi connectivity index (χ2n) is 5.64. The predicted molar refractivity (Wildman–Crippen MR) is 90.3 cm³/mol. The summed E-state index contributed by atoms with van der Waals surface area (Å²) in [6.45, 7) is 0.422. The van der Waals surface area contributed by atoms with E-state index < -0.39 is 24.5 Å². The highest BCUT2D eigenvalue weighted by atomic mass is 127. The van der Waals surface area contributed by atoms with Crippen molar-refractivity contribution >= 4 is 40.5 Å². The van der Waals surface area contributed by atoms with Crippen LogP contribution in [0, 0.1) is 0 Å². The van der Waals surface area contributed by atoms with Gasteiger partial charge >= 0.3 is 0 Å². The van der Waals surface area contributed by atoms with Gasteiger partial charge in [0.2, 0.25) is 5.95 Å². The number of anilines is 3. The van der Waals surface area contributed by atoms with E-state index in [1.165, 1.54) is 4.57 Å². The molecule has 0 bridgehead atoms. The van der Waals surface area contributed by atoms with Crippen LogP contribution in [-0.2, 0) is 14.9 Å². The number of fused-ring (bicyclic) bond motifs is 1. The third-order valence-electron chi connectivity index (χ3n) is 4.17. The van der Waals surface area contributed by atoms with Crippen LogP contribution in [0.15, 0.2) is 4.79 Å². The molecule has 2 aliphatic heterocycles. The lowest BCUT2D eigenvalue weighted by molar-refractivity contribution is -0.00879. The summed E-state index contributed by atoms with van der Waals surface area (Å²) in [6.07, 6.45) is -3.75. The number of halogens is 1. The number of aliphatic hydroxyl groups excluding tert-OH is 2. The van der Waals surface area contributed by atoms with E-state index in [0.717, 1.165) is 0 Å². The van der Waals surface area contributed by atoms with Gasteiger partial charge in [-0.3, -0.25) is 9.36 Å². The Kier molecular flexibility index (Phi) is 4.39. The second kappa shape index (κ2) is 6.05. The van der Waals surface area contributed by atoms with E-state index in [2.05, 4.69) is 4.98 Å². The Morgan fingerprint density at radius 1 is 1.43 bits per heavy atom. The topological polar surface area (TPSA) is 126 Å². The van der Waals surface area contributed by atoms with Crippen LogP contribution >= 0.6 is 23.0 Å². The van der Waals surface area contributed by atoms with Crippen LogP contribution in [-0.4, -0.2) is 64.6 Å². The minimum atomic E-state index is -1.15. The number of aliphatic hydroxyl groups is 2. The van der Waals surface area contributed by atoms with Gasteiger partial charge in [0, 0.05) is 14.1 Å². The zero-order valence-electron chi connectivity index (χ0n) is 12.6. The monoisotopic (exact) mass is 439 g/mol. The van der Waals surface area contributed by atoms with Gasteiger partial charge in [-0.1, -0.05) is 0 Å². The molecule has 0 aliphatic carbocycles. The average Bonchev–Trinajstić information content (AvgIpc) is 2.97. The maximum atomic E-state index is 12.4. The summed E-state index contributed by atoms with van der Waals surface area (Å²) >= 11 is 1.70. The molecule has 2 aliphatic rings. The third kappa shape index (κ3) is 2.55. The van der Waals surface area contributed by atoms with E-state index in [4.69, 9.17) is 13.5 Å². The quantitative estimate of drug-likeness (QED) is 0.477. The highest BCUT2D eigenvalue weighted by Crippen LogP contribution is 2.36. The Labute approximate surface area is 146 Å². The fourth-order valence-electron chi connectivity index (χ4n) is 2.88. The van der Waals surface area contributed by atoms with Gasteiger partial charge < -0.3 is 33.5 Å². The Morgan fingerprint density at radius 2 is 2.13 bits per heavy atom. The first-order chi connectivity index (χ1) is 10.9. The molecule has 1 fully saturated rings. The number of ether oxygens (including phenoxy) is 1. The number of nitrogens with zero attached hydrogens (tertiary/aromatic N) is 4. The number of nitrogens with two attached hydrogens (primary N) is 1. The molecule has 1 aromatic rings. The lowest BCUT2D eigenvalue weighted by Crippen LogP contribution is -2.45. The van der Waals surface area contributed by atoms with Crippen molar-refractivity contribution in [3.05, 3.63) is 10.4 Å². The smallest absolute Gasteiger partial charge is 0.280 e. The van der Waals surface area contributed by atoms with Crippen LogP contribution in [0.1, 0.15) is 0 Å². The molecule has 23 heavy (non-hydrogen) atoms. The summed E-state index contributed by atoms with van der Waals surface area (Å²) in [7, 11) is 3.28. The van der Waals surface area contributed by atoms with Gasteiger partial charge in [0.25, 0.3) is 5.56 Å². The molecule has 128 valence electrons. The molecule has 0 amide bonds. The molecule has 4 N–H and O–H groups in total. The van der Waals surface area contributed by atoms with Gasteiger partial charge in [-0.05, 0) is 0 Å². The van der Waals surface area contributed by atoms with E-state index in [0.29, 0.717) is 11.5 Å². The summed E-state index contributed by atoms with van der Waals surface area (Å²) in [5, 5.41) is 20.4. The highest BCUT2D eigenvalue weighted by Gasteiger charge is 2.48. The molecule has 11 heteroatoms. The van der Waals surface area contributed by atoms with Crippen LogP contribution in [0.4, 0.5) is 17.5 Å². The molecule has 1 saturated heterocycles. The van der Waals surface area contributed by atoms with Crippen LogP contribution in [0.5, 0.6) is 0 Å². The number of rotatable bonds is 3. The minimum absolute atomic E-state index is 0.0641. The van der Waals surface area contributed by atoms with Gasteiger partial charge in [0.1, 0.15) is 47.0 Å². The molecule has 0 radical (unpaired) electrons. The summed E-state index contributed by atoms with van der Waals surface area (Å²) in [5.41, 5.74) is 5.87. The summed E-state index contributed by atoms with van der Waals surface area (Å²) in [6, 6.07) is 0. The van der Waals surface area contributed by atoms with Gasteiger partial charge in [-0.15, -0.1) is 0 Å². The maximum Gasteiger partial charge on any atom is 0.280 e. The normalized spacial score (nSPS) is 30.1. The lowest BCUT2D eigenvalue weighted by atomic mass is 10.1. The molecule has 3 heterocycles. The molecule has 3 rings (SSSR count). The molecule has 0 aromatic carbocycles. The third-order valence-corrected chi connectivity index (χ3v) is 4.53. The Bertz CT molecular complexity index is 670. The fraction of sp³-hybridized carbons (Fsp3) is 0.667. The van der Waals surface area contributed by atoms with Gasteiger partial charge in [0.05, 0.1) is 13.3 Å². The summed E-state index contributed by atoms with van der Waals surface area (Å²) in [5.74, 6) is 0.398. The molecular weight excluding hydrogens is 421 g/mol. The molecular formula is C12H18IN5O5. The molecule has 10 nitrogen and oxygen atoms in total. The first kappa shape index (κ1) is 16.7. The summed E-state index contributed by atoms with van der Waals surface area (Å²) in [4.78, 5) is 19.9. The van der Waals surface area contributed by atoms with Gasteiger partial charge in [-0.25, -0.2) is 0 Å². The Hall–Kier alpha value is -1.15. The van der Waals surface area contributed by atoms with Gasteiger partial charge in [-0.2, -0.15) is 4.98 Å². The molecule has 4 atom stereocenters. The number of hydrogen-bond donors (Lipinski definition) is 3. The van der Waals surface area contributed by atoms with E-state index >= 15 is 0 Å². The number of nitrogen functional groups attached to an aromatic ring is 1. The van der Waals surface area contributed by atoms with Crippen LogP contribution < -0.4 is 21.1 Å². The minimum Gasteiger partial charge on any atom is -0.387 e. The van der Waals surface area contributed by atoms with Crippen molar-refractivity contribution in [1.82, 2.24) is 9.55 Å². The van der Waals surface area contributed by atoms with E-state index in [-0.39, 0.29) is 24.8 Å². The largest absolute Gasteiger partial charge is 0.387 e. The zero-order valence-corrected chi connectivity index (χ0v) is 14.7. The average molecular weight is 439 g/mol. The summed E-state index contributed by atoms with van der Waals surface area (Å²) < 4.78 is 11.9. The first-order valence-electron chi connectivity index (χ1n) is 6.96. The van der Waals surface area contributed by atoms with Crippen molar-refractivity contribution in [3.8, 4) is 0 Å².